The van der Waals surface area contributed by atoms with Crippen molar-refractivity contribution in [3.8, 4) is 0 Å². The summed E-state index contributed by atoms with van der Waals surface area (Å²) >= 11 is 7.71. The summed E-state index contributed by atoms with van der Waals surface area (Å²) in [6.45, 7) is 2.50. The van der Waals surface area contributed by atoms with Gasteiger partial charge in [0.2, 0.25) is 5.91 Å². The van der Waals surface area contributed by atoms with Gasteiger partial charge in [-0.05, 0) is 28.4 Å². The first-order valence-corrected chi connectivity index (χ1v) is 6.20. The van der Waals surface area contributed by atoms with Crippen molar-refractivity contribution in [1.29, 1.82) is 0 Å². The molecule has 2 heterocycles. The molecule has 0 bridgehead atoms. The third-order valence-corrected chi connectivity index (χ3v) is 3.79. The number of rotatable bonds is 1. The van der Waals surface area contributed by atoms with E-state index in [1.165, 1.54) is 0 Å². The van der Waals surface area contributed by atoms with Gasteiger partial charge < -0.3 is 10.6 Å². The second kappa shape index (κ2) is 4.25. The van der Waals surface area contributed by atoms with Crippen LogP contribution in [0.2, 0.25) is 0 Å². The Hall–Kier alpha value is -0.750. The highest BCUT2D eigenvalue weighted by atomic mass is 79.9. The summed E-state index contributed by atoms with van der Waals surface area (Å²) in [4.78, 5) is 17.5. The highest BCUT2D eigenvalue weighted by Gasteiger charge is 2.31. The molecule has 1 aromatic rings. The molecular weight excluding hydrogens is 290 g/mol. The van der Waals surface area contributed by atoms with Gasteiger partial charge in [-0.1, -0.05) is 0 Å². The van der Waals surface area contributed by atoms with E-state index in [-0.39, 0.29) is 11.2 Å². The topological polar surface area (TPSA) is 59.2 Å². The Bertz CT molecular complexity index is 452. The summed E-state index contributed by atoms with van der Waals surface area (Å²) in [6.07, 6.45) is 2.10. The van der Waals surface area contributed by atoms with Crippen LogP contribution in [0.5, 0.6) is 0 Å². The van der Waals surface area contributed by atoms with Gasteiger partial charge in [-0.3, -0.25) is 4.79 Å². The number of hydrogen-bond donors (Lipinski definition) is 2. The number of carbonyl (C=O) groups is 1. The Kier molecular flexibility index (Phi) is 3.12. The van der Waals surface area contributed by atoms with Crippen LogP contribution in [-0.4, -0.2) is 22.7 Å². The van der Waals surface area contributed by atoms with Crippen molar-refractivity contribution >= 4 is 46.0 Å². The van der Waals surface area contributed by atoms with Gasteiger partial charge in [0, 0.05) is 28.9 Å². The summed E-state index contributed by atoms with van der Waals surface area (Å²) < 4.78 is 0.854. The lowest BCUT2D eigenvalue weighted by molar-refractivity contribution is -0.117. The predicted octanol–water partition coefficient (Wildman–Crippen LogP) is 1.77. The maximum Gasteiger partial charge on any atom is 0.228 e. The Labute approximate surface area is 108 Å². The van der Waals surface area contributed by atoms with Crippen LogP contribution < -0.4 is 10.6 Å². The number of amides is 1. The standard InChI is InChI=1S/C10H12BrN3OS/c1-5-7(11)3-13-10(12)9(5)14-4-6(16)2-8(14)15/h3,6,16H,2,4H2,1H3,(H2,12,13). The number of nitrogens with two attached hydrogens (primary N) is 1. The van der Waals surface area contributed by atoms with E-state index >= 15 is 0 Å². The van der Waals surface area contributed by atoms with Crippen molar-refractivity contribution in [2.24, 2.45) is 0 Å². The highest BCUT2D eigenvalue weighted by molar-refractivity contribution is 9.10. The first-order valence-electron chi connectivity index (χ1n) is 4.89. The van der Waals surface area contributed by atoms with Gasteiger partial charge in [-0.25, -0.2) is 4.98 Å². The summed E-state index contributed by atoms with van der Waals surface area (Å²) in [6, 6.07) is 0. The fraction of sp³-hybridized carbons (Fsp3) is 0.400. The number of halogens is 1. The predicted molar refractivity (Wildman–Crippen MR) is 70.8 cm³/mol. The quantitative estimate of drug-likeness (QED) is 0.777. The van der Waals surface area contributed by atoms with E-state index in [2.05, 4.69) is 33.5 Å². The fourth-order valence-corrected chi connectivity index (χ4v) is 2.44. The van der Waals surface area contributed by atoms with Crippen LogP contribution in [0, 0.1) is 6.92 Å². The molecule has 0 saturated carbocycles. The molecule has 0 spiro atoms. The monoisotopic (exact) mass is 301 g/mol. The normalized spacial score (nSPS) is 20.6. The zero-order valence-corrected chi connectivity index (χ0v) is 11.3. The van der Waals surface area contributed by atoms with Gasteiger partial charge in [-0.15, -0.1) is 0 Å². The van der Waals surface area contributed by atoms with Crippen LogP contribution in [0.3, 0.4) is 0 Å². The van der Waals surface area contributed by atoms with Crippen LogP contribution in [0.4, 0.5) is 11.5 Å². The van der Waals surface area contributed by atoms with Crippen molar-refractivity contribution in [2.45, 2.75) is 18.6 Å². The molecule has 1 fully saturated rings. The molecule has 6 heteroatoms. The molecule has 1 unspecified atom stereocenters. The van der Waals surface area contributed by atoms with E-state index in [9.17, 15) is 4.79 Å². The molecule has 1 aromatic heterocycles. The molecular formula is C10H12BrN3OS. The molecule has 1 amide bonds. The number of anilines is 2. The smallest absolute Gasteiger partial charge is 0.228 e. The number of nitrogen functional groups attached to an aromatic ring is 1. The van der Waals surface area contributed by atoms with Gasteiger partial charge >= 0.3 is 0 Å². The average Bonchev–Trinajstić information content (AvgIpc) is 2.53. The number of thiol groups is 1. The second-order valence-corrected chi connectivity index (χ2v) is 5.41. The van der Waals surface area contributed by atoms with Crippen LogP contribution in [0.15, 0.2) is 10.7 Å². The minimum atomic E-state index is 0.0506. The Morgan fingerprint density at radius 3 is 2.94 bits per heavy atom. The van der Waals surface area contributed by atoms with Crippen molar-refractivity contribution in [2.75, 3.05) is 17.2 Å². The van der Waals surface area contributed by atoms with Gasteiger partial charge in [0.15, 0.2) is 0 Å². The molecule has 0 radical (unpaired) electrons. The lowest BCUT2D eigenvalue weighted by Crippen LogP contribution is -2.27. The van der Waals surface area contributed by atoms with Crippen LogP contribution in [0.25, 0.3) is 0 Å². The number of nitrogens with zero attached hydrogens (tertiary/aromatic N) is 2. The van der Waals surface area contributed by atoms with Crippen molar-refractivity contribution in [3.63, 3.8) is 0 Å². The Balaban J connectivity index is 2.48. The lowest BCUT2D eigenvalue weighted by Gasteiger charge is -2.20. The Morgan fingerprint density at radius 2 is 2.38 bits per heavy atom. The molecule has 86 valence electrons. The van der Waals surface area contributed by atoms with Crippen molar-refractivity contribution in [1.82, 2.24) is 4.98 Å². The minimum absolute atomic E-state index is 0.0506. The largest absolute Gasteiger partial charge is 0.382 e. The van der Waals surface area contributed by atoms with Gasteiger partial charge in [0.05, 0.1) is 5.69 Å². The minimum Gasteiger partial charge on any atom is -0.382 e. The van der Waals surface area contributed by atoms with Gasteiger partial charge in [-0.2, -0.15) is 12.6 Å². The number of pyridine rings is 1. The molecule has 1 atom stereocenters. The summed E-state index contributed by atoms with van der Waals surface area (Å²) in [5.74, 6) is 0.436. The van der Waals surface area contributed by atoms with E-state index in [0.29, 0.717) is 24.5 Å². The SMILES string of the molecule is Cc1c(Br)cnc(N)c1N1CC(S)CC1=O. The van der Waals surface area contributed by atoms with Crippen molar-refractivity contribution in [3.05, 3.63) is 16.2 Å². The lowest BCUT2D eigenvalue weighted by atomic mass is 10.2. The fourth-order valence-electron chi connectivity index (χ4n) is 1.83. The Morgan fingerprint density at radius 1 is 1.69 bits per heavy atom. The molecule has 1 aliphatic heterocycles. The van der Waals surface area contributed by atoms with Gasteiger partial charge in [0.1, 0.15) is 5.82 Å². The zero-order chi connectivity index (χ0) is 11.9. The third kappa shape index (κ3) is 1.91. The van der Waals surface area contributed by atoms with E-state index in [1.54, 1.807) is 11.1 Å². The van der Waals surface area contributed by atoms with E-state index in [1.807, 2.05) is 6.92 Å². The molecule has 1 saturated heterocycles. The molecule has 1 aliphatic rings. The maximum absolute atomic E-state index is 11.8. The third-order valence-electron chi connectivity index (χ3n) is 2.65. The number of hydrogen-bond acceptors (Lipinski definition) is 4. The summed E-state index contributed by atoms with van der Waals surface area (Å²) in [7, 11) is 0. The van der Waals surface area contributed by atoms with Gasteiger partial charge in [0.25, 0.3) is 0 Å². The molecule has 4 nitrogen and oxygen atoms in total. The van der Waals surface area contributed by atoms with E-state index in [4.69, 9.17) is 5.73 Å². The maximum atomic E-state index is 11.8. The second-order valence-electron chi connectivity index (χ2n) is 3.83. The van der Waals surface area contributed by atoms with Crippen LogP contribution in [-0.2, 0) is 4.79 Å². The van der Waals surface area contributed by atoms with Crippen LogP contribution >= 0.6 is 28.6 Å². The van der Waals surface area contributed by atoms with Crippen LogP contribution in [0.1, 0.15) is 12.0 Å². The summed E-state index contributed by atoms with van der Waals surface area (Å²) in [5.41, 5.74) is 7.47. The number of aromatic nitrogens is 1. The first kappa shape index (κ1) is 11.7. The zero-order valence-electron chi connectivity index (χ0n) is 8.77. The molecule has 0 aromatic carbocycles. The van der Waals surface area contributed by atoms with Crippen molar-refractivity contribution < 1.29 is 4.79 Å². The van der Waals surface area contributed by atoms with E-state index < -0.39 is 0 Å². The number of carbonyl (C=O) groups excluding carboxylic acids is 1. The first-order chi connectivity index (χ1) is 7.50. The highest BCUT2D eigenvalue weighted by Crippen LogP contribution is 2.34. The average molecular weight is 302 g/mol. The van der Waals surface area contributed by atoms with E-state index in [0.717, 1.165) is 10.0 Å². The molecule has 2 N–H and O–H groups in total. The molecule has 0 aliphatic carbocycles. The molecule has 16 heavy (non-hydrogen) atoms. The molecule has 2 rings (SSSR count). The summed E-state index contributed by atoms with van der Waals surface area (Å²) in [5, 5.41) is 0.0743.